The van der Waals surface area contributed by atoms with E-state index >= 15 is 0 Å². The molecule has 3 rings (SSSR count). The van der Waals surface area contributed by atoms with Crippen LogP contribution in [0.2, 0.25) is 0 Å². The van der Waals surface area contributed by atoms with Gasteiger partial charge in [-0.3, -0.25) is 0 Å². The van der Waals surface area contributed by atoms with Gasteiger partial charge in [0.2, 0.25) is 5.90 Å². The van der Waals surface area contributed by atoms with Gasteiger partial charge in [-0.2, -0.15) is 0 Å². The first-order valence-electron chi connectivity index (χ1n) is 7.01. The molecule has 1 aromatic rings. The number of ether oxygens (including phenoxy) is 2. The van der Waals surface area contributed by atoms with Gasteiger partial charge < -0.3 is 14.6 Å². The van der Waals surface area contributed by atoms with Gasteiger partial charge in [0, 0.05) is 0 Å². The zero-order chi connectivity index (χ0) is 14.5. The van der Waals surface area contributed by atoms with Gasteiger partial charge in [0.15, 0.2) is 5.60 Å². The van der Waals surface area contributed by atoms with Gasteiger partial charge in [0.1, 0.15) is 12.7 Å². The second-order valence-corrected chi connectivity index (χ2v) is 6.40. The summed E-state index contributed by atoms with van der Waals surface area (Å²) >= 11 is 0. The molecule has 0 aliphatic carbocycles. The van der Waals surface area contributed by atoms with Crippen LogP contribution < -0.4 is 0 Å². The summed E-state index contributed by atoms with van der Waals surface area (Å²) in [5.74, 6) is 0.531. The average Bonchev–Trinajstić information content (AvgIpc) is 3.03. The molecule has 4 heteroatoms. The number of hydrogen-bond donors (Lipinski definition) is 1. The number of aliphatic hydroxyl groups excluding tert-OH is 1. The van der Waals surface area contributed by atoms with Crippen molar-refractivity contribution in [1.82, 2.24) is 0 Å². The molecule has 0 amide bonds. The maximum absolute atomic E-state index is 10.2. The summed E-state index contributed by atoms with van der Waals surface area (Å²) in [6, 6.07) is 8.16. The maximum Gasteiger partial charge on any atom is 0.223 e. The van der Waals surface area contributed by atoms with Gasteiger partial charge in [-0.25, -0.2) is 4.99 Å². The van der Waals surface area contributed by atoms with Crippen LogP contribution in [0.3, 0.4) is 0 Å². The third-order valence-corrected chi connectivity index (χ3v) is 3.95. The van der Waals surface area contributed by atoms with E-state index in [9.17, 15) is 5.11 Å². The maximum atomic E-state index is 10.2. The van der Waals surface area contributed by atoms with Gasteiger partial charge in [-0.05, 0) is 33.3 Å². The van der Waals surface area contributed by atoms with Crippen LogP contribution in [0.25, 0.3) is 0 Å². The van der Waals surface area contributed by atoms with E-state index in [1.807, 2.05) is 45.0 Å². The van der Waals surface area contributed by atoms with Crippen LogP contribution in [0, 0.1) is 6.92 Å². The minimum Gasteiger partial charge on any atom is -0.476 e. The molecular weight excluding hydrogens is 254 g/mol. The van der Waals surface area contributed by atoms with Crippen LogP contribution in [-0.4, -0.2) is 34.9 Å². The summed E-state index contributed by atoms with van der Waals surface area (Å²) < 4.78 is 11.6. The third-order valence-electron chi connectivity index (χ3n) is 3.95. The van der Waals surface area contributed by atoms with Crippen molar-refractivity contribution in [3.63, 3.8) is 0 Å². The first-order chi connectivity index (χ1) is 9.35. The Morgan fingerprint density at radius 3 is 2.45 bits per heavy atom. The summed E-state index contributed by atoms with van der Waals surface area (Å²) in [6.45, 7) is 8.33. The van der Waals surface area contributed by atoms with Crippen molar-refractivity contribution in [3.8, 4) is 0 Å². The van der Waals surface area contributed by atoms with E-state index in [0.29, 0.717) is 12.5 Å². The Morgan fingerprint density at radius 1 is 1.30 bits per heavy atom. The fraction of sp³-hybridized carbons (Fsp3) is 0.562. The van der Waals surface area contributed by atoms with Gasteiger partial charge in [0.25, 0.3) is 0 Å². The molecule has 0 bridgehead atoms. The lowest BCUT2D eigenvalue weighted by Gasteiger charge is -2.15. The molecule has 0 spiro atoms. The fourth-order valence-electron chi connectivity index (χ4n) is 2.66. The van der Waals surface area contributed by atoms with Crippen molar-refractivity contribution >= 4 is 5.90 Å². The molecule has 0 saturated carbocycles. The van der Waals surface area contributed by atoms with Crippen LogP contribution >= 0.6 is 0 Å². The van der Waals surface area contributed by atoms with Crippen molar-refractivity contribution < 1.29 is 14.6 Å². The predicted octanol–water partition coefficient (Wildman–Crippen LogP) is 2.39. The number of hydrogen-bond acceptors (Lipinski definition) is 4. The quantitative estimate of drug-likeness (QED) is 0.862. The monoisotopic (exact) mass is 275 g/mol. The molecule has 2 aliphatic rings. The zero-order valence-corrected chi connectivity index (χ0v) is 12.4. The van der Waals surface area contributed by atoms with Crippen LogP contribution in [0.1, 0.15) is 38.0 Å². The third kappa shape index (κ3) is 2.03. The van der Waals surface area contributed by atoms with Crippen molar-refractivity contribution in [2.45, 2.75) is 51.0 Å². The first kappa shape index (κ1) is 13.6. The number of nitrogens with zero attached hydrogens (tertiary/aromatic N) is 1. The highest BCUT2D eigenvalue weighted by Crippen LogP contribution is 2.54. The number of epoxide rings is 1. The molecule has 108 valence electrons. The summed E-state index contributed by atoms with van der Waals surface area (Å²) in [5, 5.41) is 10.2. The average molecular weight is 275 g/mol. The Hall–Kier alpha value is -1.39. The van der Waals surface area contributed by atoms with Gasteiger partial charge in [0.05, 0.1) is 11.6 Å². The van der Waals surface area contributed by atoms with Crippen molar-refractivity contribution in [1.29, 1.82) is 0 Å². The van der Waals surface area contributed by atoms with Crippen LogP contribution in [0.15, 0.2) is 29.3 Å². The Labute approximate surface area is 119 Å². The van der Waals surface area contributed by atoms with Gasteiger partial charge in [-0.1, -0.05) is 29.8 Å². The van der Waals surface area contributed by atoms with E-state index in [2.05, 4.69) is 4.99 Å². The summed E-state index contributed by atoms with van der Waals surface area (Å²) in [7, 11) is 0. The lowest BCUT2D eigenvalue weighted by atomic mass is 9.94. The lowest BCUT2D eigenvalue weighted by molar-refractivity contribution is 0.110. The number of aliphatic hydroxyl groups is 1. The molecule has 2 heterocycles. The molecule has 1 N–H and O–H groups in total. The molecule has 0 radical (unpaired) electrons. The van der Waals surface area contributed by atoms with Gasteiger partial charge in [-0.15, -0.1) is 0 Å². The van der Waals surface area contributed by atoms with Crippen LogP contribution in [0.5, 0.6) is 0 Å². The topological polar surface area (TPSA) is 54.4 Å². The van der Waals surface area contributed by atoms with Gasteiger partial charge >= 0.3 is 0 Å². The van der Waals surface area contributed by atoms with E-state index in [-0.39, 0.29) is 11.6 Å². The molecule has 3 atom stereocenters. The molecule has 1 fully saturated rings. The van der Waals surface area contributed by atoms with E-state index in [1.165, 1.54) is 5.56 Å². The summed E-state index contributed by atoms with van der Waals surface area (Å²) in [4.78, 5) is 4.58. The SMILES string of the molecule is Cc1ccc([C@H]2O[C@@]2(C2=NC(C)(C)CO2)[C@H](C)O)cc1. The minimum atomic E-state index is -0.816. The second kappa shape index (κ2) is 4.30. The molecular formula is C16H21NO3. The molecule has 1 aromatic carbocycles. The van der Waals surface area contributed by atoms with E-state index in [4.69, 9.17) is 9.47 Å². The molecule has 0 aromatic heterocycles. The number of aliphatic imine (C=N–C) groups is 1. The van der Waals surface area contributed by atoms with E-state index in [1.54, 1.807) is 6.92 Å². The van der Waals surface area contributed by atoms with Crippen molar-refractivity contribution in [2.24, 2.45) is 4.99 Å². The molecule has 2 aliphatic heterocycles. The summed E-state index contributed by atoms with van der Waals surface area (Å²) in [5.41, 5.74) is 1.18. The first-order valence-corrected chi connectivity index (χ1v) is 7.01. The fourth-order valence-corrected chi connectivity index (χ4v) is 2.66. The smallest absolute Gasteiger partial charge is 0.223 e. The number of aryl methyl sites for hydroxylation is 1. The molecule has 4 nitrogen and oxygen atoms in total. The molecule has 1 saturated heterocycles. The largest absolute Gasteiger partial charge is 0.476 e. The highest BCUT2D eigenvalue weighted by Gasteiger charge is 2.67. The Balaban J connectivity index is 1.92. The van der Waals surface area contributed by atoms with Crippen LogP contribution in [0.4, 0.5) is 0 Å². The predicted molar refractivity (Wildman–Crippen MR) is 76.9 cm³/mol. The highest BCUT2D eigenvalue weighted by atomic mass is 16.7. The summed E-state index contributed by atoms with van der Waals surface area (Å²) in [6.07, 6.45) is -0.850. The molecule has 20 heavy (non-hydrogen) atoms. The van der Waals surface area contributed by atoms with Crippen molar-refractivity contribution in [2.75, 3.05) is 6.61 Å². The second-order valence-electron chi connectivity index (χ2n) is 6.40. The normalized spacial score (nSPS) is 32.5. The van der Waals surface area contributed by atoms with E-state index < -0.39 is 11.7 Å². The van der Waals surface area contributed by atoms with E-state index in [0.717, 1.165) is 5.56 Å². The Morgan fingerprint density at radius 2 is 1.95 bits per heavy atom. The zero-order valence-electron chi connectivity index (χ0n) is 12.4. The Bertz CT molecular complexity index is 547. The van der Waals surface area contributed by atoms with Crippen LogP contribution in [-0.2, 0) is 9.47 Å². The van der Waals surface area contributed by atoms with Crippen molar-refractivity contribution in [3.05, 3.63) is 35.4 Å². The lowest BCUT2D eigenvalue weighted by Crippen LogP contribution is -2.37. The number of rotatable bonds is 3. The Kier molecular flexibility index (Phi) is 2.92. The minimum absolute atomic E-state index is 0.184. The highest BCUT2D eigenvalue weighted by molar-refractivity contribution is 5.91. The number of benzene rings is 1. The standard InChI is InChI=1S/C16H21NO3/c1-10-5-7-12(8-6-10)13-16(20-13,11(2)18)14-17-15(3,4)9-19-14/h5-8,11,13,18H,9H2,1-4H3/t11-,13+,16-/m0/s1. The molecule has 0 unspecified atom stereocenters.